The Morgan fingerprint density at radius 2 is 0.882 bits per heavy atom. The topological polar surface area (TPSA) is 161 Å². The van der Waals surface area contributed by atoms with E-state index >= 15 is 0 Å². The number of Topliss-reactive ketones (excluding diaryl/α,β-unsaturated/α-hetero) is 2. The first kappa shape index (κ1) is 22.1. The third-order valence-electron chi connectivity index (χ3n) is 5.22. The Labute approximate surface area is 191 Å². The highest BCUT2D eigenvalue weighted by Crippen LogP contribution is 2.34. The number of phenols is 2. The van der Waals surface area contributed by atoms with Gasteiger partial charge in [-0.2, -0.15) is 0 Å². The molecule has 168 valence electrons. The number of carbonyl (C=O) groups excluding carboxylic acids is 2. The largest absolute Gasteiger partial charge is 0.508 e. The molecule has 0 bridgehead atoms. The Morgan fingerprint density at radius 3 is 1.18 bits per heavy atom. The fraction of sp³-hybridized carbons (Fsp3) is 0. The SMILES string of the molecule is O=C1C(c2ccc(O)cc2)=C/C(=C2/C=C(c3ccc(O)cc3)C(=O)C([N+](=O)[O-])=C2)C=C1[N+](=O)[O-]. The number of phenolic OH excluding ortho intramolecular Hbond substituents is 2. The van der Waals surface area contributed by atoms with Gasteiger partial charge in [0.1, 0.15) is 11.5 Å². The molecule has 0 saturated carbocycles. The van der Waals surface area contributed by atoms with Gasteiger partial charge in [-0.05, 0) is 58.7 Å². The molecule has 2 aliphatic rings. The van der Waals surface area contributed by atoms with Gasteiger partial charge in [-0.3, -0.25) is 29.8 Å². The van der Waals surface area contributed by atoms with Crippen molar-refractivity contribution in [1.82, 2.24) is 0 Å². The van der Waals surface area contributed by atoms with Gasteiger partial charge in [-0.25, -0.2) is 0 Å². The highest BCUT2D eigenvalue weighted by molar-refractivity contribution is 6.31. The zero-order chi connectivity index (χ0) is 24.6. The third kappa shape index (κ3) is 4.02. The van der Waals surface area contributed by atoms with E-state index in [1.54, 1.807) is 0 Å². The van der Waals surface area contributed by atoms with Crippen LogP contribution in [-0.2, 0) is 9.59 Å². The molecule has 2 aromatic carbocycles. The summed E-state index contributed by atoms with van der Waals surface area (Å²) in [7, 11) is 0. The Balaban J connectivity index is 1.97. The van der Waals surface area contributed by atoms with E-state index < -0.39 is 32.8 Å². The zero-order valence-corrected chi connectivity index (χ0v) is 17.2. The maximum Gasteiger partial charge on any atom is 0.317 e. The lowest BCUT2D eigenvalue weighted by atomic mass is 9.86. The standard InChI is InChI=1S/C24H14N2O8/c27-17-5-1-13(2-6-17)19-9-15(11-21(23(19)29)25(31)32)16-10-20(14-3-7-18(28)8-4-14)24(30)22(12-16)26(33)34/h1-12,27-28H/b16-15+. The van der Waals surface area contributed by atoms with Crippen molar-refractivity contribution in [2.45, 2.75) is 0 Å². The van der Waals surface area contributed by atoms with Crippen LogP contribution in [0.15, 0.2) is 95.4 Å². The molecule has 10 heteroatoms. The number of aromatic hydroxyl groups is 2. The fourth-order valence-corrected chi connectivity index (χ4v) is 3.54. The molecule has 10 nitrogen and oxygen atoms in total. The molecule has 4 rings (SSSR count). The summed E-state index contributed by atoms with van der Waals surface area (Å²) in [4.78, 5) is 46.9. The number of carbonyl (C=O) groups is 2. The Kier molecular flexibility index (Phi) is 5.48. The minimum Gasteiger partial charge on any atom is -0.508 e. The zero-order valence-electron chi connectivity index (χ0n) is 17.2. The molecule has 0 saturated heterocycles. The van der Waals surface area contributed by atoms with Crippen molar-refractivity contribution in [3.05, 3.63) is 127 Å². The predicted octanol–water partition coefficient (Wildman–Crippen LogP) is 3.35. The van der Waals surface area contributed by atoms with Crippen molar-refractivity contribution in [2.24, 2.45) is 0 Å². The molecule has 0 aliphatic heterocycles. The maximum atomic E-state index is 12.7. The van der Waals surface area contributed by atoms with Crippen LogP contribution in [-0.4, -0.2) is 31.6 Å². The Bertz CT molecular complexity index is 1310. The molecule has 0 heterocycles. The van der Waals surface area contributed by atoms with E-state index in [2.05, 4.69) is 0 Å². The van der Waals surface area contributed by atoms with Crippen LogP contribution in [0, 0.1) is 20.2 Å². The van der Waals surface area contributed by atoms with Crippen LogP contribution in [0.25, 0.3) is 11.1 Å². The molecular weight excluding hydrogens is 444 g/mol. The number of rotatable bonds is 4. The second-order valence-electron chi connectivity index (χ2n) is 7.35. The van der Waals surface area contributed by atoms with Gasteiger partial charge in [-0.15, -0.1) is 0 Å². The molecule has 0 atom stereocenters. The molecule has 0 radical (unpaired) electrons. The molecule has 0 amide bonds. The van der Waals surface area contributed by atoms with Crippen molar-refractivity contribution >= 4 is 22.7 Å². The van der Waals surface area contributed by atoms with Crippen molar-refractivity contribution in [3.63, 3.8) is 0 Å². The summed E-state index contributed by atoms with van der Waals surface area (Å²) in [5.41, 5.74) is -0.799. The van der Waals surface area contributed by atoms with Crippen LogP contribution in [0.1, 0.15) is 11.1 Å². The molecule has 0 aromatic heterocycles. The highest BCUT2D eigenvalue weighted by atomic mass is 16.6. The molecule has 0 spiro atoms. The molecule has 2 aromatic rings. The Hall–Kier alpha value is -5.12. The molecule has 0 unspecified atom stereocenters. The number of benzene rings is 2. The first-order valence-corrected chi connectivity index (χ1v) is 9.74. The second-order valence-corrected chi connectivity index (χ2v) is 7.35. The van der Waals surface area contributed by atoms with Gasteiger partial charge in [0, 0.05) is 23.3 Å². The molecule has 34 heavy (non-hydrogen) atoms. The lowest BCUT2D eigenvalue weighted by Gasteiger charge is -2.16. The first-order chi connectivity index (χ1) is 16.2. The Morgan fingerprint density at radius 1 is 0.559 bits per heavy atom. The van der Waals surface area contributed by atoms with E-state index in [1.165, 1.54) is 60.7 Å². The second kappa shape index (κ2) is 8.43. The summed E-state index contributed by atoms with van der Waals surface area (Å²) in [5.74, 6) is -1.87. The molecule has 0 fully saturated rings. The highest BCUT2D eigenvalue weighted by Gasteiger charge is 2.34. The fourth-order valence-electron chi connectivity index (χ4n) is 3.54. The number of hydrogen-bond acceptors (Lipinski definition) is 8. The summed E-state index contributed by atoms with van der Waals surface area (Å²) in [6.45, 7) is 0. The van der Waals surface area contributed by atoms with Crippen LogP contribution in [0.3, 0.4) is 0 Å². The van der Waals surface area contributed by atoms with Gasteiger partial charge >= 0.3 is 11.4 Å². The van der Waals surface area contributed by atoms with E-state index in [0.717, 1.165) is 12.2 Å². The van der Waals surface area contributed by atoms with Crippen molar-refractivity contribution < 1.29 is 29.6 Å². The van der Waals surface area contributed by atoms with Gasteiger partial charge in [0.15, 0.2) is 0 Å². The van der Waals surface area contributed by atoms with E-state index in [0.29, 0.717) is 11.1 Å². The van der Waals surface area contributed by atoms with Gasteiger partial charge in [0.25, 0.3) is 11.6 Å². The van der Waals surface area contributed by atoms with Gasteiger partial charge in [0.05, 0.1) is 9.85 Å². The third-order valence-corrected chi connectivity index (χ3v) is 5.22. The number of nitro groups is 2. The average Bonchev–Trinajstić information content (AvgIpc) is 2.80. The smallest absolute Gasteiger partial charge is 0.317 e. The van der Waals surface area contributed by atoms with Gasteiger partial charge in [0.2, 0.25) is 0 Å². The van der Waals surface area contributed by atoms with Crippen LogP contribution >= 0.6 is 0 Å². The van der Waals surface area contributed by atoms with Crippen molar-refractivity contribution in [2.75, 3.05) is 0 Å². The maximum absolute atomic E-state index is 12.7. The minimum atomic E-state index is -0.867. The molecule has 2 N–H and O–H groups in total. The summed E-state index contributed by atoms with van der Waals surface area (Å²) >= 11 is 0. The minimum absolute atomic E-state index is 0.0516. The summed E-state index contributed by atoms with van der Waals surface area (Å²) in [6, 6.07) is 10.9. The average molecular weight is 458 g/mol. The number of allylic oxidation sites excluding steroid dienone is 8. The van der Waals surface area contributed by atoms with Crippen molar-refractivity contribution in [3.8, 4) is 11.5 Å². The summed E-state index contributed by atoms with van der Waals surface area (Å²) in [6.07, 6.45) is 4.67. The van der Waals surface area contributed by atoms with Gasteiger partial charge < -0.3 is 10.2 Å². The summed E-state index contributed by atoms with van der Waals surface area (Å²) in [5, 5.41) is 42.2. The van der Waals surface area contributed by atoms with Crippen molar-refractivity contribution in [1.29, 1.82) is 0 Å². The number of nitrogens with zero attached hydrogens (tertiary/aromatic N) is 2. The number of hydrogen-bond donors (Lipinski definition) is 2. The molecular formula is C24H14N2O8. The molecule has 2 aliphatic carbocycles. The van der Waals surface area contributed by atoms with Crippen LogP contribution in [0.4, 0.5) is 0 Å². The van der Waals surface area contributed by atoms with Gasteiger partial charge in [-0.1, -0.05) is 24.3 Å². The lowest BCUT2D eigenvalue weighted by molar-refractivity contribution is -0.418. The monoisotopic (exact) mass is 458 g/mol. The first-order valence-electron chi connectivity index (χ1n) is 9.74. The predicted molar refractivity (Wildman–Crippen MR) is 119 cm³/mol. The van der Waals surface area contributed by atoms with Crippen LogP contribution in [0.2, 0.25) is 0 Å². The van der Waals surface area contributed by atoms with E-state index in [4.69, 9.17) is 0 Å². The van der Waals surface area contributed by atoms with E-state index in [1.807, 2.05) is 0 Å². The quantitative estimate of drug-likeness (QED) is 0.521. The van der Waals surface area contributed by atoms with Crippen LogP contribution in [0.5, 0.6) is 11.5 Å². The summed E-state index contributed by atoms with van der Waals surface area (Å²) < 4.78 is 0. The van der Waals surface area contributed by atoms with Crippen LogP contribution < -0.4 is 0 Å². The normalized spacial score (nSPS) is 18.0. The van der Waals surface area contributed by atoms with E-state index in [9.17, 15) is 40.0 Å². The number of ketones is 2. The lowest BCUT2D eigenvalue weighted by Crippen LogP contribution is -2.19. The van der Waals surface area contributed by atoms with E-state index in [-0.39, 0.29) is 33.8 Å².